The molecule has 0 aromatic heterocycles. The molecular weight excluding hydrogens is 439 g/mol. The SMILES string of the molecule is C=C(OP(=O)(c1ccc(OC)cc1)c1ccc(OC)cc1)c1ccccc1Br. The number of benzene rings is 3. The first-order chi connectivity index (χ1) is 13.5. The third-order valence-electron chi connectivity index (χ3n) is 4.24. The largest absolute Gasteiger partial charge is 0.497 e. The molecular formula is C22H20BrO4P. The van der Waals surface area contributed by atoms with Gasteiger partial charge in [0.15, 0.2) is 0 Å². The zero-order valence-electron chi connectivity index (χ0n) is 15.6. The summed E-state index contributed by atoms with van der Waals surface area (Å²) in [5.41, 5.74) is 0.741. The van der Waals surface area contributed by atoms with Crippen molar-refractivity contribution in [2.45, 2.75) is 0 Å². The molecule has 0 fully saturated rings. The molecule has 0 amide bonds. The molecule has 4 nitrogen and oxygen atoms in total. The maximum atomic E-state index is 14.1. The molecule has 3 aromatic carbocycles. The molecule has 0 saturated heterocycles. The smallest absolute Gasteiger partial charge is 0.306 e. The van der Waals surface area contributed by atoms with Crippen molar-refractivity contribution in [1.82, 2.24) is 0 Å². The molecule has 0 aliphatic carbocycles. The summed E-state index contributed by atoms with van der Waals surface area (Å²) >= 11 is 3.49. The van der Waals surface area contributed by atoms with Crippen molar-refractivity contribution in [1.29, 1.82) is 0 Å². The highest BCUT2D eigenvalue weighted by Crippen LogP contribution is 2.49. The Morgan fingerprint density at radius 2 is 1.29 bits per heavy atom. The van der Waals surface area contributed by atoms with Crippen LogP contribution in [0.25, 0.3) is 5.76 Å². The van der Waals surface area contributed by atoms with Crippen molar-refractivity contribution >= 4 is 39.7 Å². The van der Waals surface area contributed by atoms with Gasteiger partial charge in [0.2, 0.25) is 0 Å². The van der Waals surface area contributed by atoms with Gasteiger partial charge in [-0.1, -0.05) is 40.7 Å². The Labute approximate surface area is 173 Å². The quantitative estimate of drug-likeness (QED) is 0.352. The third-order valence-corrected chi connectivity index (χ3v) is 7.36. The summed E-state index contributed by atoms with van der Waals surface area (Å²) in [5, 5.41) is 1.10. The lowest BCUT2D eigenvalue weighted by Gasteiger charge is -2.22. The van der Waals surface area contributed by atoms with Gasteiger partial charge < -0.3 is 14.0 Å². The van der Waals surface area contributed by atoms with Crippen LogP contribution in [0.5, 0.6) is 11.5 Å². The van der Waals surface area contributed by atoms with E-state index in [-0.39, 0.29) is 0 Å². The fourth-order valence-corrected chi connectivity index (χ4v) is 5.21. The summed E-state index contributed by atoms with van der Waals surface area (Å²) in [6, 6.07) is 21.5. The Morgan fingerprint density at radius 3 is 1.71 bits per heavy atom. The molecule has 0 atom stereocenters. The Hall–Kier alpha value is -2.49. The predicted molar refractivity (Wildman–Crippen MR) is 117 cm³/mol. The van der Waals surface area contributed by atoms with Gasteiger partial charge in [0.25, 0.3) is 0 Å². The van der Waals surface area contributed by atoms with Crippen LogP contribution in [0.3, 0.4) is 0 Å². The predicted octanol–water partition coefficient (Wildman–Crippen LogP) is 5.38. The topological polar surface area (TPSA) is 44.8 Å². The van der Waals surface area contributed by atoms with E-state index in [9.17, 15) is 4.57 Å². The van der Waals surface area contributed by atoms with Crippen LogP contribution in [0.2, 0.25) is 0 Å². The lowest BCUT2D eigenvalue weighted by Crippen LogP contribution is -2.18. The fourth-order valence-electron chi connectivity index (χ4n) is 2.70. The van der Waals surface area contributed by atoms with Crippen molar-refractivity contribution in [2.75, 3.05) is 14.2 Å². The van der Waals surface area contributed by atoms with E-state index in [0.29, 0.717) is 27.9 Å². The number of hydrogen-bond acceptors (Lipinski definition) is 4. The highest BCUT2D eigenvalue weighted by atomic mass is 79.9. The van der Waals surface area contributed by atoms with Gasteiger partial charge in [-0.25, -0.2) is 0 Å². The fraction of sp³-hybridized carbons (Fsp3) is 0.0909. The van der Waals surface area contributed by atoms with Gasteiger partial charge in [0.1, 0.15) is 17.3 Å². The lowest BCUT2D eigenvalue weighted by molar-refractivity contribution is 0.415. The number of ether oxygens (including phenoxy) is 2. The minimum absolute atomic E-state index is 0.322. The summed E-state index contributed by atoms with van der Waals surface area (Å²) in [7, 11) is -0.284. The van der Waals surface area contributed by atoms with Crippen molar-refractivity contribution < 1.29 is 18.6 Å². The second-order valence-corrected chi connectivity index (χ2v) is 9.11. The third kappa shape index (κ3) is 4.16. The standard InChI is InChI=1S/C22H20BrO4P/c1-16(21-6-4-5-7-22(21)23)27-28(24,19-12-8-17(25-2)9-13-19)20-14-10-18(26-3)11-15-20/h4-15H,1H2,2-3H3. The lowest BCUT2D eigenvalue weighted by atomic mass is 10.2. The van der Waals surface area contributed by atoms with Gasteiger partial charge in [0, 0.05) is 10.0 Å². The normalized spacial score (nSPS) is 11.0. The van der Waals surface area contributed by atoms with Crippen LogP contribution in [-0.2, 0) is 9.09 Å². The van der Waals surface area contributed by atoms with Crippen molar-refractivity contribution in [3.8, 4) is 11.5 Å². The van der Waals surface area contributed by atoms with E-state index in [2.05, 4.69) is 22.5 Å². The second kappa shape index (κ2) is 8.68. The van der Waals surface area contributed by atoms with Crippen LogP contribution in [-0.4, -0.2) is 14.2 Å². The minimum atomic E-state index is -3.46. The Balaban J connectivity index is 2.06. The van der Waals surface area contributed by atoms with Crippen LogP contribution in [0.1, 0.15) is 5.56 Å². The Bertz CT molecular complexity index is 962. The van der Waals surface area contributed by atoms with Gasteiger partial charge in [-0.15, -0.1) is 0 Å². The Kier molecular flexibility index (Phi) is 6.28. The molecule has 0 aliphatic rings. The number of methoxy groups -OCH3 is 2. The molecule has 3 rings (SSSR count). The van der Waals surface area contributed by atoms with Crippen molar-refractivity contribution in [3.63, 3.8) is 0 Å². The van der Waals surface area contributed by atoms with E-state index in [1.165, 1.54) is 0 Å². The van der Waals surface area contributed by atoms with E-state index in [1.54, 1.807) is 62.8 Å². The minimum Gasteiger partial charge on any atom is -0.497 e. The average Bonchev–Trinajstić information content (AvgIpc) is 2.74. The summed E-state index contributed by atoms with van der Waals surface area (Å²) < 4.78 is 31.4. The number of rotatable bonds is 7. The van der Waals surface area contributed by atoms with Crippen LogP contribution in [0.4, 0.5) is 0 Å². The molecule has 144 valence electrons. The summed E-state index contributed by atoms with van der Waals surface area (Å²) in [5.74, 6) is 1.67. The van der Waals surface area contributed by atoms with Gasteiger partial charge >= 0.3 is 7.37 Å². The highest BCUT2D eigenvalue weighted by Gasteiger charge is 2.31. The first kappa shape index (κ1) is 20.2. The van der Waals surface area contributed by atoms with E-state index in [4.69, 9.17) is 14.0 Å². The van der Waals surface area contributed by atoms with E-state index >= 15 is 0 Å². The van der Waals surface area contributed by atoms with Crippen LogP contribution < -0.4 is 20.1 Å². The second-order valence-electron chi connectivity index (χ2n) is 5.94. The molecule has 0 bridgehead atoms. The molecule has 0 spiro atoms. The van der Waals surface area contributed by atoms with Gasteiger partial charge in [-0.05, 0) is 54.6 Å². The Morgan fingerprint density at radius 1 is 0.821 bits per heavy atom. The molecule has 0 heterocycles. The zero-order chi connectivity index (χ0) is 20.1. The van der Waals surface area contributed by atoms with Gasteiger partial charge in [-0.2, -0.15) is 0 Å². The first-order valence-electron chi connectivity index (χ1n) is 8.50. The molecule has 0 aliphatic heterocycles. The van der Waals surface area contributed by atoms with E-state index < -0.39 is 7.37 Å². The average molecular weight is 459 g/mol. The summed E-state index contributed by atoms with van der Waals surface area (Å²) in [6.07, 6.45) is 0. The molecule has 0 saturated carbocycles. The highest BCUT2D eigenvalue weighted by molar-refractivity contribution is 9.10. The van der Waals surface area contributed by atoms with E-state index in [1.807, 2.05) is 24.3 Å². The molecule has 0 N–H and O–H groups in total. The summed E-state index contributed by atoms with van der Waals surface area (Å²) in [6.45, 7) is 4.02. The molecule has 28 heavy (non-hydrogen) atoms. The zero-order valence-corrected chi connectivity index (χ0v) is 18.1. The van der Waals surface area contributed by atoms with Crippen LogP contribution in [0, 0.1) is 0 Å². The molecule has 0 radical (unpaired) electrons. The maximum absolute atomic E-state index is 14.1. The van der Waals surface area contributed by atoms with Gasteiger partial charge in [-0.3, -0.25) is 4.57 Å². The molecule has 0 unspecified atom stereocenters. The number of hydrogen-bond donors (Lipinski definition) is 0. The van der Waals surface area contributed by atoms with Crippen LogP contribution in [0.15, 0.2) is 83.8 Å². The van der Waals surface area contributed by atoms with Crippen molar-refractivity contribution in [3.05, 3.63) is 89.4 Å². The van der Waals surface area contributed by atoms with E-state index in [0.717, 1.165) is 10.0 Å². The maximum Gasteiger partial charge on any atom is 0.306 e. The molecule has 3 aromatic rings. The number of halogens is 1. The van der Waals surface area contributed by atoms with Crippen molar-refractivity contribution in [2.24, 2.45) is 0 Å². The van der Waals surface area contributed by atoms with Gasteiger partial charge in [0.05, 0.1) is 24.8 Å². The summed E-state index contributed by atoms with van der Waals surface area (Å²) in [4.78, 5) is 0. The monoisotopic (exact) mass is 458 g/mol. The first-order valence-corrected chi connectivity index (χ1v) is 10.9. The van der Waals surface area contributed by atoms with Crippen LogP contribution >= 0.6 is 23.3 Å². The molecule has 6 heteroatoms.